The minimum absolute atomic E-state index is 0.00917. The van der Waals surface area contributed by atoms with E-state index in [2.05, 4.69) is 4.74 Å². The molecule has 5 nitrogen and oxygen atoms in total. The summed E-state index contributed by atoms with van der Waals surface area (Å²) in [5.41, 5.74) is 5.94. The first kappa shape index (κ1) is 9.57. The Morgan fingerprint density at radius 1 is 1.69 bits per heavy atom. The van der Waals surface area contributed by atoms with Crippen molar-refractivity contribution in [2.75, 3.05) is 7.11 Å². The van der Waals surface area contributed by atoms with Gasteiger partial charge in [0.1, 0.15) is 11.8 Å². The second-order valence-corrected chi connectivity index (χ2v) is 2.74. The van der Waals surface area contributed by atoms with E-state index in [4.69, 9.17) is 10.5 Å². The maximum absolute atomic E-state index is 10.9. The molecular formula is C8H11NO4. The van der Waals surface area contributed by atoms with Crippen LogP contribution in [0.3, 0.4) is 0 Å². The molecule has 1 aliphatic rings. The van der Waals surface area contributed by atoms with Gasteiger partial charge in [-0.05, 0) is 6.92 Å². The Labute approximate surface area is 75.5 Å². The number of ether oxygens (including phenoxy) is 2. The zero-order valence-corrected chi connectivity index (χ0v) is 7.49. The molecule has 0 aromatic carbocycles. The Hall–Kier alpha value is -1.52. The fraction of sp³-hybridized carbons (Fsp3) is 0.500. The van der Waals surface area contributed by atoms with Crippen LogP contribution in [0.15, 0.2) is 11.3 Å². The summed E-state index contributed by atoms with van der Waals surface area (Å²) in [7, 11) is 1.28. The topological polar surface area (TPSA) is 78.6 Å². The Morgan fingerprint density at radius 3 is 2.69 bits per heavy atom. The molecule has 1 heterocycles. The van der Waals surface area contributed by atoms with Crippen molar-refractivity contribution in [2.45, 2.75) is 19.4 Å². The summed E-state index contributed by atoms with van der Waals surface area (Å²) in [5.74, 6) is -0.991. The van der Waals surface area contributed by atoms with E-state index in [1.807, 2.05) is 0 Å². The van der Waals surface area contributed by atoms with Gasteiger partial charge in [0.15, 0.2) is 0 Å². The highest BCUT2D eigenvalue weighted by molar-refractivity contribution is 5.92. The van der Waals surface area contributed by atoms with Crippen molar-refractivity contribution >= 4 is 11.9 Å². The van der Waals surface area contributed by atoms with E-state index in [0.717, 1.165) is 0 Å². The highest BCUT2D eigenvalue weighted by Gasteiger charge is 2.30. The largest absolute Gasteiger partial charge is 0.469 e. The molecule has 13 heavy (non-hydrogen) atoms. The van der Waals surface area contributed by atoms with Crippen molar-refractivity contribution in [3.05, 3.63) is 11.3 Å². The number of hydrogen-bond donors (Lipinski definition) is 1. The molecule has 0 saturated carbocycles. The van der Waals surface area contributed by atoms with Gasteiger partial charge in [-0.1, -0.05) is 0 Å². The Morgan fingerprint density at radius 2 is 2.31 bits per heavy atom. The van der Waals surface area contributed by atoms with Crippen molar-refractivity contribution in [2.24, 2.45) is 5.73 Å². The quantitative estimate of drug-likeness (QED) is 0.598. The molecule has 0 spiro atoms. The molecule has 2 N–H and O–H groups in total. The van der Waals surface area contributed by atoms with Crippen LogP contribution < -0.4 is 5.73 Å². The van der Waals surface area contributed by atoms with Crippen LogP contribution >= 0.6 is 0 Å². The lowest BCUT2D eigenvalue weighted by molar-refractivity contribution is -0.141. The van der Waals surface area contributed by atoms with Crippen LogP contribution in [-0.4, -0.2) is 25.2 Å². The lowest BCUT2D eigenvalue weighted by atomic mass is 10.1. The summed E-state index contributed by atoms with van der Waals surface area (Å²) in [6.07, 6.45) is -0.415. The number of carbonyl (C=O) groups is 2. The maximum atomic E-state index is 10.9. The standard InChI is InChI=1S/C8H11NO4/c1-4-5(3-6(10)12-2)7(9)8(11)13-4/h4H,3,9H2,1-2H3/t4-/m1/s1. The van der Waals surface area contributed by atoms with E-state index in [0.29, 0.717) is 5.57 Å². The van der Waals surface area contributed by atoms with E-state index in [1.165, 1.54) is 7.11 Å². The second kappa shape index (κ2) is 3.47. The summed E-state index contributed by atoms with van der Waals surface area (Å²) in [4.78, 5) is 21.8. The SMILES string of the molecule is COC(=O)CC1=C(N)C(=O)O[C@@H]1C. The first-order valence-electron chi connectivity index (χ1n) is 3.82. The third-order valence-corrected chi connectivity index (χ3v) is 1.90. The van der Waals surface area contributed by atoms with E-state index >= 15 is 0 Å². The summed E-state index contributed by atoms with van der Waals surface area (Å²) < 4.78 is 9.23. The molecule has 0 saturated heterocycles. The summed E-state index contributed by atoms with van der Waals surface area (Å²) in [5, 5.41) is 0. The van der Waals surface area contributed by atoms with Gasteiger partial charge in [0.25, 0.3) is 0 Å². The predicted molar refractivity (Wildman–Crippen MR) is 43.4 cm³/mol. The lowest BCUT2D eigenvalue weighted by Crippen LogP contribution is -2.11. The molecule has 0 aromatic heterocycles. The number of nitrogens with two attached hydrogens (primary N) is 1. The molecule has 0 amide bonds. The number of esters is 2. The molecule has 0 bridgehead atoms. The van der Waals surface area contributed by atoms with Gasteiger partial charge >= 0.3 is 11.9 Å². The minimum Gasteiger partial charge on any atom is -0.469 e. The van der Waals surface area contributed by atoms with Gasteiger partial charge in [-0.2, -0.15) is 0 Å². The smallest absolute Gasteiger partial charge is 0.354 e. The average Bonchev–Trinajstić information content (AvgIpc) is 2.32. The number of carbonyl (C=O) groups excluding carboxylic acids is 2. The zero-order chi connectivity index (χ0) is 10.0. The fourth-order valence-electron chi connectivity index (χ4n) is 1.11. The molecule has 1 rings (SSSR count). The van der Waals surface area contributed by atoms with E-state index < -0.39 is 18.0 Å². The van der Waals surface area contributed by atoms with Crippen LogP contribution in [0.5, 0.6) is 0 Å². The molecular weight excluding hydrogens is 174 g/mol. The maximum Gasteiger partial charge on any atom is 0.354 e. The van der Waals surface area contributed by atoms with Crippen molar-refractivity contribution in [3.8, 4) is 0 Å². The zero-order valence-electron chi connectivity index (χ0n) is 7.49. The van der Waals surface area contributed by atoms with Crippen LogP contribution in [0.2, 0.25) is 0 Å². The molecule has 1 aliphatic heterocycles. The van der Waals surface area contributed by atoms with Crippen molar-refractivity contribution in [1.29, 1.82) is 0 Å². The molecule has 0 unspecified atom stereocenters. The van der Waals surface area contributed by atoms with E-state index in [1.54, 1.807) is 6.92 Å². The van der Waals surface area contributed by atoms with Crippen molar-refractivity contribution in [1.82, 2.24) is 0 Å². The number of hydrogen-bond acceptors (Lipinski definition) is 5. The summed E-state index contributed by atoms with van der Waals surface area (Å²) in [6.45, 7) is 1.66. The molecule has 0 aliphatic carbocycles. The van der Waals surface area contributed by atoms with Crippen molar-refractivity contribution in [3.63, 3.8) is 0 Å². The van der Waals surface area contributed by atoms with Gasteiger partial charge in [-0.3, -0.25) is 4.79 Å². The molecule has 72 valence electrons. The summed E-state index contributed by atoms with van der Waals surface area (Å²) in [6, 6.07) is 0. The molecule has 0 fully saturated rings. The molecule has 0 aromatic rings. The average molecular weight is 185 g/mol. The molecule has 1 atom stereocenters. The van der Waals surface area contributed by atoms with Gasteiger partial charge in [-0.15, -0.1) is 0 Å². The highest BCUT2D eigenvalue weighted by Crippen LogP contribution is 2.22. The normalized spacial score (nSPS) is 21.7. The number of rotatable bonds is 2. The van der Waals surface area contributed by atoms with Crippen molar-refractivity contribution < 1.29 is 19.1 Å². The van der Waals surface area contributed by atoms with Crippen LogP contribution in [0.4, 0.5) is 0 Å². The molecule has 5 heteroatoms. The van der Waals surface area contributed by atoms with E-state index in [9.17, 15) is 9.59 Å². The second-order valence-electron chi connectivity index (χ2n) is 2.74. The first-order valence-corrected chi connectivity index (χ1v) is 3.82. The van der Waals surface area contributed by atoms with Crippen LogP contribution in [0.25, 0.3) is 0 Å². The monoisotopic (exact) mass is 185 g/mol. The van der Waals surface area contributed by atoms with Gasteiger partial charge in [0.2, 0.25) is 0 Å². The Bertz CT molecular complexity index is 282. The third kappa shape index (κ3) is 1.80. The van der Waals surface area contributed by atoms with Gasteiger partial charge in [-0.25, -0.2) is 4.79 Å². The minimum atomic E-state index is -0.564. The highest BCUT2D eigenvalue weighted by atomic mass is 16.6. The first-order chi connectivity index (χ1) is 6.06. The van der Waals surface area contributed by atoms with Crippen LogP contribution in [-0.2, 0) is 19.1 Å². The predicted octanol–water partition coefficient (Wildman–Crippen LogP) is -0.292. The Balaban J connectivity index is 2.77. The Kier molecular flexibility index (Phi) is 2.55. The van der Waals surface area contributed by atoms with Crippen LogP contribution in [0, 0.1) is 0 Å². The van der Waals surface area contributed by atoms with Gasteiger partial charge in [0.05, 0.1) is 13.5 Å². The van der Waals surface area contributed by atoms with E-state index in [-0.39, 0.29) is 12.1 Å². The molecule has 0 radical (unpaired) electrons. The lowest BCUT2D eigenvalue weighted by Gasteiger charge is -2.06. The van der Waals surface area contributed by atoms with Gasteiger partial charge in [0, 0.05) is 5.57 Å². The number of cyclic esters (lactones) is 1. The fourth-order valence-corrected chi connectivity index (χ4v) is 1.11. The van der Waals surface area contributed by atoms with Crippen LogP contribution in [0.1, 0.15) is 13.3 Å². The summed E-state index contributed by atoms with van der Waals surface area (Å²) >= 11 is 0. The van der Waals surface area contributed by atoms with Gasteiger partial charge < -0.3 is 15.2 Å². The number of methoxy groups -OCH3 is 1. The third-order valence-electron chi connectivity index (χ3n) is 1.90.